The molecule has 4 heteroatoms. The number of hydrogen-bond acceptors (Lipinski definition) is 0. The van der Waals surface area contributed by atoms with Crippen LogP contribution in [0.2, 0.25) is 0 Å². The van der Waals surface area contributed by atoms with Crippen molar-refractivity contribution in [1.82, 2.24) is 0 Å². The van der Waals surface area contributed by atoms with E-state index < -0.39 is 12.6 Å². The van der Waals surface area contributed by atoms with Gasteiger partial charge in [0.15, 0.2) is 0 Å². The van der Waals surface area contributed by atoms with E-state index in [1.54, 1.807) is 25.1 Å². The van der Waals surface area contributed by atoms with Gasteiger partial charge in [-0.1, -0.05) is 6.07 Å². The van der Waals surface area contributed by atoms with Crippen LogP contribution in [0.3, 0.4) is 0 Å². The van der Waals surface area contributed by atoms with Crippen molar-refractivity contribution in [3.05, 3.63) is 32.9 Å². The maximum absolute atomic E-state index is 12.1. The van der Waals surface area contributed by atoms with Gasteiger partial charge in [-0.05, 0) is 52.8 Å². The van der Waals surface area contributed by atoms with E-state index in [1.807, 2.05) is 22.6 Å². The molecule has 0 N–H and O–H groups in total. The topological polar surface area (TPSA) is 0 Å². The first-order valence-corrected chi connectivity index (χ1v) is 4.78. The van der Waals surface area contributed by atoms with Gasteiger partial charge in [0.2, 0.25) is 0 Å². The fraction of sp³-hybridized carbons (Fsp3) is 0.333. The van der Waals surface area contributed by atoms with Crippen LogP contribution in [0.1, 0.15) is 11.1 Å². The average Bonchev–Trinajstić information content (AvgIpc) is 1.94. The standard InChI is InChI=1S/C9H8F3I/c1-6-2-3-8(13)4-7(6)5-9(10,11)12/h2-4H,5H2,1H3. The van der Waals surface area contributed by atoms with Gasteiger partial charge in [-0.25, -0.2) is 0 Å². The Balaban J connectivity index is 2.94. The van der Waals surface area contributed by atoms with Crippen molar-refractivity contribution >= 4 is 22.6 Å². The minimum atomic E-state index is -4.12. The third-order valence-corrected chi connectivity index (χ3v) is 2.37. The minimum absolute atomic E-state index is 0.361. The lowest BCUT2D eigenvalue weighted by atomic mass is 10.1. The molecule has 0 spiro atoms. The summed E-state index contributed by atoms with van der Waals surface area (Å²) >= 11 is 2.01. The van der Waals surface area contributed by atoms with Gasteiger partial charge in [-0.15, -0.1) is 0 Å². The highest BCUT2D eigenvalue weighted by atomic mass is 127. The van der Waals surface area contributed by atoms with E-state index in [0.717, 1.165) is 3.57 Å². The van der Waals surface area contributed by atoms with E-state index in [4.69, 9.17) is 0 Å². The third-order valence-electron chi connectivity index (χ3n) is 1.70. The summed E-state index contributed by atoms with van der Waals surface area (Å²) in [6, 6.07) is 5.09. The summed E-state index contributed by atoms with van der Waals surface area (Å²) in [6.07, 6.45) is -4.95. The summed E-state index contributed by atoms with van der Waals surface area (Å²) in [5.41, 5.74) is 1.05. The second kappa shape index (κ2) is 3.86. The van der Waals surface area contributed by atoms with E-state index in [9.17, 15) is 13.2 Å². The SMILES string of the molecule is Cc1ccc(I)cc1CC(F)(F)F. The number of alkyl halides is 3. The van der Waals surface area contributed by atoms with E-state index in [1.165, 1.54) is 0 Å². The molecule has 0 aliphatic heterocycles. The number of rotatable bonds is 1. The zero-order chi connectivity index (χ0) is 10.1. The van der Waals surface area contributed by atoms with Crippen LogP contribution < -0.4 is 0 Å². The summed E-state index contributed by atoms with van der Waals surface area (Å²) in [4.78, 5) is 0. The molecule has 0 bridgehead atoms. The Morgan fingerprint density at radius 2 is 1.92 bits per heavy atom. The molecule has 0 aliphatic rings. The average molecular weight is 300 g/mol. The maximum atomic E-state index is 12.1. The van der Waals surface area contributed by atoms with Gasteiger partial charge < -0.3 is 0 Å². The summed E-state index contributed by atoms with van der Waals surface area (Å²) in [5.74, 6) is 0. The minimum Gasteiger partial charge on any atom is -0.171 e. The lowest BCUT2D eigenvalue weighted by molar-refractivity contribution is -0.127. The smallest absolute Gasteiger partial charge is 0.171 e. The van der Waals surface area contributed by atoms with Crippen molar-refractivity contribution in [2.24, 2.45) is 0 Å². The van der Waals surface area contributed by atoms with Crippen molar-refractivity contribution in [3.63, 3.8) is 0 Å². The quantitative estimate of drug-likeness (QED) is 0.694. The number of hydrogen-bond donors (Lipinski definition) is 0. The molecular formula is C9H8F3I. The van der Waals surface area contributed by atoms with E-state index >= 15 is 0 Å². The molecule has 1 aromatic carbocycles. The van der Waals surface area contributed by atoms with Crippen molar-refractivity contribution in [1.29, 1.82) is 0 Å². The molecule has 0 radical (unpaired) electrons. The maximum Gasteiger partial charge on any atom is 0.393 e. The fourth-order valence-electron chi connectivity index (χ4n) is 1.05. The fourth-order valence-corrected chi connectivity index (χ4v) is 1.60. The zero-order valence-corrected chi connectivity index (χ0v) is 9.11. The molecular weight excluding hydrogens is 292 g/mol. The Morgan fingerprint density at radius 1 is 1.31 bits per heavy atom. The van der Waals surface area contributed by atoms with E-state index in [2.05, 4.69) is 0 Å². The number of benzene rings is 1. The van der Waals surface area contributed by atoms with Crippen molar-refractivity contribution in [3.8, 4) is 0 Å². The van der Waals surface area contributed by atoms with E-state index in [0.29, 0.717) is 11.1 Å². The van der Waals surface area contributed by atoms with Crippen LogP contribution in [0.5, 0.6) is 0 Å². The van der Waals surface area contributed by atoms with Gasteiger partial charge in [0, 0.05) is 3.57 Å². The van der Waals surface area contributed by atoms with Crippen molar-refractivity contribution in [2.75, 3.05) is 0 Å². The summed E-state index contributed by atoms with van der Waals surface area (Å²) < 4.78 is 37.0. The highest BCUT2D eigenvalue weighted by molar-refractivity contribution is 14.1. The summed E-state index contributed by atoms with van der Waals surface area (Å²) in [7, 11) is 0. The molecule has 0 aliphatic carbocycles. The Morgan fingerprint density at radius 3 is 2.46 bits per heavy atom. The molecule has 0 heterocycles. The molecule has 0 fully saturated rings. The Bertz CT molecular complexity index is 304. The highest BCUT2D eigenvalue weighted by Crippen LogP contribution is 2.24. The van der Waals surface area contributed by atoms with Crippen molar-refractivity contribution in [2.45, 2.75) is 19.5 Å². The van der Waals surface area contributed by atoms with Gasteiger partial charge in [0.1, 0.15) is 0 Å². The van der Waals surface area contributed by atoms with E-state index in [-0.39, 0.29) is 0 Å². The first-order chi connectivity index (χ1) is 5.88. The second-order valence-electron chi connectivity index (χ2n) is 2.86. The molecule has 0 saturated carbocycles. The number of halogens is 4. The summed E-state index contributed by atoms with van der Waals surface area (Å²) in [5, 5.41) is 0. The predicted octanol–water partition coefficient (Wildman–Crippen LogP) is 3.70. The van der Waals surface area contributed by atoms with Crippen LogP contribution in [0.15, 0.2) is 18.2 Å². The molecule has 1 rings (SSSR count). The zero-order valence-electron chi connectivity index (χ0n) is 6.95. The Labute approximate surface area is 88.3 Å². The normalized spacial score (nSPS) is 11.8. The molecule has 0 unspecified atom stereocenters. The molecule has 13 heavy (non-hydrogen) atoms. The van der Waals surface area contributed by atoms with Gasteiger partial charge in [0.05, 0.1) is 6.42 Å². The van der Waals surface area contributed by atoms with Gasteiger partial charge >= 0.3 is 6.18 Å². The monoisotopic (exact) mass is 300 g/mol. The lowest BCUT2D eigenvalue weighted by Gasteiger charge is -2.09. The van der Waals surface area contributed by atoms with Crippen LogP contribution in [-0.4, -0.2) is 6.18 Å². The third kappa shape index (κ3) is 3.54. The lowest BCUT2D eigenvalue weighted by Crippen LogP contribution is -2.12. The van der Waals surface area contributed by atoms with Gasteiger partial charge in [0.25, 0.3) is 0 Å². The largest absolute Gasteiger partial charge is 0.393 e. The highest BCUT2D eigenvalue weighted by Gasteiger charge is 2.28. The second-order valence-corrected chi connectivity index (χ2v) is 4.11. The molecule has 0 amide bonds. The van der Waals surface area contributed by atoms with Crippen LogP contribution in [0.25, 0.3) is 0 Å². The van der Waals surface area contributed by atoms with Crippen LogP contribution in [-0.2, 0) is 6.42 Å². The summed E-state index contributed by atoms with van der Waals surface area (Å²) in [6.45, 7) is 1.69. The van der Waals surface area contributed by atoms with Crippen LogP contribution >= 0.6 is 22.6 Å². The molecule has 0 nitrogen and oxygen atoms in total. The molecule has 0 aromatic heterocycles. The van der Waals surface area contributed by atoms with Crippen molar-refractivity contribution < 1.29 is 13.2 Å². The molecule has 1 aromatic rings. The molecule has 72 valence electrons. The Kier molecular flexibility index (Phi) is 3.21. The van der Waals surface area contributed by atoms with Gasteiger partial charge in [-0.2, -0.15) is 13.2 Å². The first kappa shape index (κ1) is 10.8. The first-order valence-electron chi connectivity index (χ1n) is 3.70. The molecule has 0 saturated heterocycles. The molecule has 0 atom stereocenters. The number of aryl methyl sites for hydroxylation is 1. The Hall–Kier alpha value is -0.260. The predicted molar refractivity (Wildman–Crippen MR) is 53.7 cm³/mol. The van der Waals surface area contributed by atoms with Crippen LogP contribution in [0.4, 0.5) is 13.2 Å². The van der Waals surface area contributed by atoms with Crippen LogP contribution in [0, 0.1) is 10.5 Å². The van der Waals surface area contributed by atoms with Gasteiger partial charge in [-0.3, -0.25) is 0 Å².